The number of urea groups is 1. The molecular formula is C17H25N3O. The van der Waals surface area contributed by atoms with Crippen molar-refractivity contribution in [1.82, 2.24) is 10.2 Å². The second-order valence-electron chi connectivity index (χ2n) is 6.55. The van der Waals surface area contributed by atoms with Gasteiger partial charge in [0.15, 0.2) is 0 Å². The monoisotopic (exact) mass is 287 g/mol. The summed E-state index contributed by atoms with van der Waals surface area (Å²) in [7, 11) is 2.00. The van der Waals surface area contributed by atoms with Crippen LogP contribution in [-0.4, -0.2) is 30.6 Å². The summed E-state index contributed by atoms with van der Waals surface area (Å²) >= 11 is 0. The average Bonchev–Trinajstić information content (AvgIpc) is 2.40. The molecule has 114 valence electrons. The number of primary amides is 1. The highest BCUT2D eigenvalue weighted by molar-refractivity contribution is 5.72. The Balaban J connectivity index is 1.67. The molecule has 4 heteroatoms. The summed E-state index contributed by atoms with van der Waals surface area (Å²) in [5.74, 6) is 0.666. The first-order valence-corrected chi connectivity index (χ1v) is 7.95. The molecule has 3 rings (SSSR count). The predicted molar refractivity (Wildman–Crippen MR) is 83.8 cm³/mol. The van der Waals surface area contributed by atoms with Gasteiger partial charge in [-0.3, -0.25) is 0 Å². The van der Waals surface area contributed by atoms with Crippen molar-refractivity contribution >= 4 is 6.03 Å². The Kier molecular flexibility index (Phi) is 3.89. The van der Waals surface area contributed by atoms with Crippen LogP contribution in [0.5, 0.6) is 0 Å². The van der Waals surface area contributed by atoms with Crippen LogP contribution in [0.25, 0.3) is 0 Å². The van der Waals surface area contributed by atoms with Crippen molar-refractivity contribution in [3.8, 4) is 0 Å². The van der Waals surface area contributed by atoms with Gasteiger partial charge in [-0.15, -0.1) is 0 Å². The molecule has 1 aromatic carbocycles. The van der Waals surface area contributed by atoms with E-state index < -0.39 is 0 Å². The van der Waals surface area contributed by atoms with Gasteiger partial charge in [-0.1, -0.05) is 36.8 Å². The van der Waals surface area contributed by atoms with Gasteiger partial charge in [0, 0.05) is 18.1 Å². The fourth-order valence-electron chi connectivity index (χ4n) is 3.68. The van der Waals surface area contributed by atoms with E-state index >= 15 is 0 Å². The highest BCUT2D eigenvalue weighted by atomic mass is 16.2. The summed E-state index contributed by atoms with van der Waals surface area (Å²) in [6.45, 7) is 0.842. The molecule has 0 radical (unpaired) electrons. The van der Waals surface area contributed by atoms with Gasteiger partial charge in [0.25, 0.3) is 0 Å². The van der Waals surface area contributed by atoms with Crippen LogP contribution in [0.2, 0.25) is 0 Å². The van der Waals surface area contributed by atoms with Crippen molar-refractivity contribution in [1.29, 1.82) is 0 Å². The lowest BCUT2D eigenvalue weighted by Crippen LogP contribution is -2.62. The first-order chi connectivity index (χ1) is 10.1. The second kappa shape index (κ2) is 5.68. The van der Waals surface area contributed by atoms with E-state index in [1.54, 1.807) is 0 Å². The number of rotatable bonds is 5. The Hall–Kier alpha value is -1.55. The third kappa shape index (κ3) is 2.64. The molecule has 0 spiro atoms. The van der Waals surface area contributed by atoms with E-state index in [4.69, 9.17) is 5.73 Å². The minimum absolute atomic E-state index is 0.000754. The lowest BCUT2D eigenvalue weighted by atomic mass is 9.67. The van der Waals surface area contributed by atoms with E-state index in [-0.39, 0.29) is 17.6 Å². The highest BCUT2D eigenvalue weighted by Gasteiger charge is 2.48. The summed E-state index contributed by atoms with van der Waals surface area (Å²) in [5.41, 5.74) is 6.91. The van der Waals surface area contributed by atoms with Crippen molar-refractivity contribution < 1.29 is 4.79 Å². The Bertz CT molecular complexity index is 492. The van der Waals surface area contributed by atoms with Crippen molar-refractivity contribution in [3.05, 3.63) is 35.9 Å². The maximum absolute atomic E-state index is 11.8. The third-order valence-corrected chi connectivity index (χ3v) is 5.38. The summed E-state index contributed by atoms with van der Waals surface area (Å²) in [6, 6.07) is 10.5. The summed E-state index contributed by atoms with van der Waals surface area (Å²) in [6.07, 6.45) is 5.68. The number of amides is 2. The number of nitrogens with zero attached hydrogens (tertiary/aromatic N) is 1. The molecular weight excluding hydrogens is 262 g/mol. The van der Waals surface area contributed by atoms with Crippen LogP contribution in [0.15, 0.2) is 30.3 Å². The van der Waals surface area contributed by atoms with E-state index in [0.29, 0.717) is 5.92 Å². The number of hydrogen-bond donors (Lipinski definition) is 2. The van der Waals surface area contributed by atoms with Crippen LogP contribution in [0.1, 0.15) is 37.7 Å². The Morgan fingerprint density at radius 3 is 2.48 bits per heavy atom. The maximum Gasteiger partial charge on any atom is 0.315 e. The molecule has 2 aliphatic carbocycles. The molecule has 4 nitrogen and oxygen atoms in total. The van der Waals surface area contributed by atoms with Gasteiger partial charge in [0.05, 0.1) is 0 Å². The Labute approximate surface area is 126 Å². The fourth-order valence-corrected chi connectivity index (χ4v) is 3.68. The van der Waals surface area contributed by atoms with Crippen molar-refractivity contribution in [2.24, 2.45) is 11.7 Å². The fraction of sp³-hybridized carbons (Fsp3) is 0.588. The van der Waals surface area contributed by atoms with Gasteiger partial charge >= 0.3 is 6.03 Å². The standard InChI is InChI=1S/C17H25N3O/c1-19-17(14-8-3-2-4-9-14)10-15(11-17)20(16(18)21)12-13-6-5-7-13/h2-4,8-9,13,15,19H,5-7,10-12H2,1H3,(H2,18,21). The first-order valence-electron chi connectivity index (χ1n) is 7.95. The van der Waals surface area contributed by atoms with E-state index in [0.717, 1.165) is 19.4 Å². The molecule has 2 saturated carbocycles. The molecule has 0 saturated heterocycles. The van der Waals surface area contributed by atoms with Gasteiger partial charge in [0.2, 0.25) is 0 Å². The summed E-state index contributed by atoms with van der Waals surface area (Å²) < 4.78 is 0. The first kappa shape index (κ1) is 14.4. The van der Waals surface area contributed by atoms with Crippen LogP contribution >= 0.6 is 0 Å². The minimum atomic E-state index is -0.260. The van der Waals surface area contributed by atoms with E-state index in [1.807, 2.05) is 18.0 Å². The molecule has 0 aromatic heterocycles. The number of benzene rings is 1. The van der Waals surface area contributed by atoms with Gasteiger partial charge in [0.1, 0.15) is 0 Å². The van der Waals surface area contributed by atoms with Gasteiger partial charge in [-0.25, -0.2) is 4.79 Å². The molecule has 0 atom stereocenters. The predicted octanol–water partition coefficient (Wildman–Crippen LogP) is 2.44. The Morgan fingerprint density at radius 2 is 2.00 bits per heavy atom. The van der Waals surface area contributed by atoms with E-state index in [1.165, 1.54) is 24.8 Å². The third-order valence-electron chi connectivity index (χ3n) is 5.38. The molecule has 2 fully saturated rings. The van der Waals surface area contributed by atoms with Crippen LogP contribution in [-0.2, 0) is 5.54 Å². The topological polar surface area (TPSA) is 58.4 Å². The lowest BCUT2D eigenvalue weighted by molar-refractivity contribution is 0.0444. The van der Waals surface area contributed by atoms with Crippen molar-refractivity contribution in [2.45, 2.75) is 43.7 Å². The summed E-state index contributed by atoms with van der Waals surface area (Å²) in [4.78, 5) is 13.7. The molecule has 0 aliphatic heterocycles. The van der Waals surface area contributed by atoms with E-state index in [9.17, 15) is 4.79 Å². The minimum Gasteiger partial charge on any atom is -0.351 e. The van der Waals surface area contributed by atoms with Gasteiger partial charge in [-0.2, -0.15) is 0 Å². The number of carbonyl (C=O) groups excluding carboxylic acids is 1. The second-order valence-corrected chi connectivity index (χ2v) is 6.55. The zero-order valence-electron chi connectivity index (χ0n) is 12.7. The molecule has 1 aromatic rings. The average molecular weight is 287 g/mol. The molecule has 2 amide bonds. The largest absolute Gasteiger partial charge is 0.351 e. The van der Waals surface area contributed by atoms with Gasteiger partial charge in [-0.05, 0) is 44.2 Å². The van der Waals surface area contributed by atoms with Crippen LogP contribution in [0.3, 0.4) is 0 Å². The molecule has 0 unspecified atom stereocenters. The maximum atomic E-state index is 11.8. The van der Waals surface area contributed by atoms with Crippen LogP contribution in [0, 0.1) is 5.92 Å². The normalized spacial score (nSPS) is 28.5. The lowest BCUT2D eigenvalue weighted by Gasteiger charge is -2.52. The van der Waals surface area contributed by atoms with Crippen molar-refractivity contribution in [2.75, 3.05) is 13.6 Å². The quantitative estimate of drug-likeness (QED) is 0.874. The number of nitrogens with two attached hydrogens (primary N) is 1. The summed E-state index contributed by atoms with van der Waals surface area (Å²) in [5, 5.41) is 3.46. The highest BCUT2D eigenvalue weighted by Crippen LogP contribution is 2.44. The number of carbonyl (C=O) groups is 1. The van der Waals surface area contributed by atoms with Crippen LogP contribution in [0.4, 0.5) is 4.79 Å². The van der Waals surface area contributed by atoms with Gasteiger partial charge < -0.3 is 16.0 Å². The molecule has 21 heavy (non-hydrogen) atoms. The molecule has 3 N–H and O–H groups in total. The smallest absolute Gasteiger partial charge is 0.315 e. The van der Waals surface area contributed by atoms with E-state index in [2.05, 4.69) is 29.6 Å². The SMILES string of the molecule is CNC1(c2ccccc2)CC(N(CC2CCC2)C(N)=O)C1. The molecule has 0 bridgehead atoms. The zero-order chi connectivity index (χ0) is 14.9. The zero-order valence-corrected chi connectivity index (χ0v) is 12.7. The molecule has 0 heterocycles. The number of nitrogens with one attached hydrogen (secondary N) is 1. The Morgan fingerprint density at radius 1 is 1.33 bits per heavy atom. The van der Waals surface area contributed by atoms with Crippen LogP contribution < -0.4 is 11.1 Å². The number of hydrogen-bond acceptors (Lipinski definition) is 2. The molecule has 2 aliphatic rings. The van der Waals surface area contributed by atoms with Crippen molar-refractivity contribution in [3.63, 3.8) is 0 Å².